The van der Waals surface area contributed by atoms with Crippen LogP contribution in [0.2, 0.25) is 0 Å². The summed E-state index contributed by atoms with van der Waals surface area (Å²) in [6, 6.07) is 8.74. The highest BCUT2D eigenvalue weighted by molar-refractivity contribution is 5.67. The van der Waals surface area contributed by atoms with Gasteiger partial charge in [0.15, 0.2) is 0 Å². The molecule has 5 nitrogen and oxygen atoms in total. The molecule has 0 bridgehead atoms. The van der Waals surface area contributed by atoms with E-state index in [1.165, 1.54) is 0 Å². The van der Waals surface area contributed by atoms with Crippen molar-refractivity contribution in [2.45, 2.75) is 19.9 Å². The Bertz CT molecular complexity index is 354. The monoisotopic (exact) mass is 222 g/mol. The molecule has 1 aromatic rings. The van der Waals surface area contributed by atoms with Gasteiger partial charge in [-0.25, -0.2) is 4.79 Å². The Labute approximate surface area is 94.0 Å². The molecule has 0 saturated carbocycles. The Balaban J connectivity index is 2.81. The average molecular weight is 222 g/mol. The molecule has 0 N–H and O–H groups in total. The minimum absolute atomic E-state index is 0.215. The summed E-state index contributed by atoms with van der Waals surface area (Å²) < 4.78 is 4.73. The summed E-state index contributed by atoms with van der Waals surface area (Å²) in [5, 5.41) is 3.48. The van der Waals surface area contributed by atoms with Crippen molar-refractivity contribution in [3.63, 3.8) is 0 Å². The van der Waals surface area contributed by atoms with Crippen molar-refractivity contribution in [2.75, 3.05) is 6.61 Å². The fraction of sp³-hybridized carbons (Fsp3) is 0.364. The molecule has 0 aliphatic heterocycles. The second-order valence-electron chi connectivity index (χ2n) is 3.21. The zero-order valence-electron chi connectivity index (χ0n) is 9.29. The van der Waals surface area contributed by atoms with Crippen LogP contribution >= 0.6 is 0 Å². The molecule has 86 valence electrons. The lowest BCUT2D eigenvalue weighted by Gasteiger charge is -2.20. The SMILES string of the molecule is CCOC(=O)N(N=O)[C@H](C)c1ccccc1. The smallest absolute Gasteiger partial charge is 0.433 e. The maximum Gasteiger partial charge on any atom is 0.433 e. The van der Waals surface area contributed by atoms with E-state index < -0.39 is 12.1 Å². The predicted molar refractivity (Wildman–Crippen MR) is 59.5 cm³/mol. The van der Waals surface area contributed by atoms with Crippen molar-refractivity contribution >= 4 is 6.09 Å². The van der Waals surface area contributed by atoms with Gasteiger partial charge < -0.3 is 4.74 Å². The quantitative estimate of drug-likeness (QED) is 0.581. The zero-order valence-corrected chi connectivity index (χ0v) is 9.29. The van der Waals surface area contributed by atoms with Crippen LogP contribution in [0.25, 0.3) is 0 Å². The van der Waals surface area contributed by atoms with Crippen LogP contribution in [0.3, 0.4) is 0 Å². The van der Waals surface area contributed by atoms with Gasteiger partial charge in [0.1, 0.15) is 0 Å². The van der Waals surface area contributed by atoms with Crippen LogP contribution < -0.4 is 0 Å². The van der Waals surface area contributed by atoms with Crippen LogP contribution in [-0.4, -0.2) is 17.7 Å². The number of carbonyl (C=O) groups is 1. The van der Waals surface area contributed by atoms with Gasteiger partial charge >= 0.3 is 6.09 Å². The molecule has 0 aliphatic rings. The second kappa shape index (κ2) is 5.85. The van der Waals surface area contributed by atoms with Gasteiger partial charge in [-0.05, 0) is 19.4 Å². The molecule has 0 unspecified atom stereocenters. The number of hydrogen-bond donors (Lipinski definition) is 0. The van der Waals surface area contributed by atoms with Crippen molar-refractivity contribution in [1.29, 1.82) is 0 Å². The molecule has 0 spiro atoms. The summed E-state index contributed by atoms with van der Waals surface area (Å²) >= 11 is 0. The Morgan fingerprint density at radius 2 is 2.06 bits per heavy atom. The number of ether oxygens (including phenoxy) is 1. The van der Waals surface area contributed by atoms with Crippen LogP contribution in [-0.2, 0) is 4.74 Å². The number of nitrogens with zero attached hydrogens (tertiary/aromatic N) is 2. The third-order valence-electron chi connectivity index (χ3n) is 2.19. The minimum Gasteiger partial charge on any atom is -0.448 e. The number of carbonyl (C=O) groups excluding carboxylic acids is 1. The molecule has 0 fully saturated rings. The lowest BCUT2D eigenvalue weighted by atomic mass is 10.1. The van der Waals surface area contributed by atoms with E-state index in [1.807, 2.05) is 30.3 Å². The average Bonchev–Trinajstić information content (AvgIpc) is 2.31. The molecule has 1 rings (SSSR count). The molecular formula is C11H14N2O3. The minimum atomic E-state index is -0.728. The van der Waals surface area contributed by atoms with Gasteiger partial charge in [-0.2, -0.15) is 5.01 Å². The Morgan fingerprint density at radius 1 is 1.44 bits per heavy atom. The first kappa shape index (κ1) is 12.2. The Kier molecular flexibility index (Phi) is 4.44. The number of rotatable bonds is 4. The van der Waals surface area contributed by atoms with Gasteiger partial charge in [-0.15, -0.1) is 4.91 Å². The van der Waals surface area contributed by atoms with Gasteiger partial charge in [-0.1, -0.05) is 30.3 Å². The molecule has 0 aromatic heterocycles. The molecule has 1 atom stereocenters. The maximum absolute atomic E-state index is 11.4. The van der Waals surface area contributed by atoms with Crippen molar-refractivity contribution < 1.29 is 9.53 Å². The number of benzene rings is 1. The summed E-state index contributed by atoms with van der Waals surface area (Å²) in [5.41, 5.74) is 0.829. The van der Waals surface area contributed by atoms with Crippen molar-refractivity contribution in [2.24, 2.45) is 5.29 Å². The lowest BCUT2D eigenvalue weighted by Crippen LogP contribution is -2.28. The molecular weight excluding hydrogens is 208 g/mol. The molecule has 1 aromatic carbocycles. The summed E-state index contributed by atoms with van der Waals surface area (Å²) in [6.07, 6.45) is -0.728. The standard InChI is InChI=1S/C11H14N2O3/c1-3-16-11(14)13(12-15)9(2)10-7-5-4-6-8-10/h4-9H,3H2,1-2H3/t9-/m1/s1. The molecule has 0 saturated heterocycles. The first-order chi connectivity index (χ1) is 7.70. The van der Waals surface area contributed by atoms with Crippen LogP contribution in [0.1, 0.15) is 25.5 Å². The molecule has 0 radical (unpaired) electrons. The first-order valence-corrected chi connectivity index (χ1v) is 5.05. The Morgan fingerprint density at radius 3 is 2.56 bits per heavy atom. The van der Waals surface area contributed by atoms with Crippen molar-refractivity contribution in [1.82, 2.24) is 5.01 Å². The topological polar surface area (TPSA) is 59.0 Å². The Hall–Kier alpha value is -1.91. The summed E-state index contributed by atoms with van der Waals surface area (Å²) in [6.45, 7) is 3.61. The highest BCUT2D eigenvalue weighted by Gasteiger charge is 2.23. The highest BCUT2D eigenvalue weighted by atomic mass is 16.6. The van der Waals surface area contributed by atoms with Crippen LogP contribution in [0, 0.1) is 4.91 Å². The lowest BCUT2D eigenvalue weighted by molar-refractivity contribution is 0.0936. The van der Waals surface area contributed by atoms with E-state index in [9.17, 15) is 9.70 Å². The van der Waals surface area contributed by atoms with E-state index in [4.69, 9.17) is 4.74 Å². The van der Waals surface area contributed by atoms with Crippen molar-refractivity contribution in [3.8, 4) is 0 Å². The van der Waals surface area contributed by atoms with E-state index in [0.29, 0.717) is 0 Å². The van der Waals surface area contributed by atoms with E-state index in [0.717, 1.165) is 10.6 Å². The van der Waals surface area contributed by atoms with Gasteiger partial charge in [0.25, 0.3) is 0 Å². The largest absolute Gasteiger partial charge is 0.448 e. The van der Waals surface area contributed by atoms with Gasteiger partial charge in [0.05, 0.1) is 17.9 Å². The van der Waals surface area contributed by atoms with E-state index in [-0.39, 0.29) is 6.61 Å². The molecule has 0 aliphatic carbocycles. The normalized spacial score (nSPS) is 11.6. The highest BCUT2D eigenvalue weighted by Crippen LogP contribution is 2.20. The van der Waals surface area contributed by atoms with Gasteiger partial charge in [0.2, 0.25) is 0 Å². The van der Waals surface area contributed by atoms with E-state index in [1.54, 1.807) is 13.8 Å². The number of nitroso groups, excluding NO2 is 1. The molecule has 1 amide bonds. The first-order valence-electron chi connectivity index (χ1n) is 5.05. The molecule has 5 heteroatoms. The predicted octanol–water partition coefficient (Wildman–Crippen LogP) is 2.89. The van der Waals surface area contributed by atoms with E-state index in [2.05, 4.69) is 5.29 Å². The summed E-state index contributed by atoms with van der Waals surface area (Å²) in [4.78, 5) is 22.0. The summed E-state index contributed by atoms with van der Waals surface area (Å²) in [5.74, 6) is 0. The van der Waals surface area contributed by atoms with Crippen LogP contribution in [0.5, 0.6) is 0 Å². The third-order valence-corrected chi connectivity index (χ3v) is 2.19. The number of hydrogen-bond acceptors (Lipinski definition) is 4. The van der Waals surface area contributed by atoms with Crippen LogP contribution in [0.4, 0.5) is 4.79 Å². The van der Waals surface area contributed by atoms with Crippen LogP contribution in [0.15, 0.2) is 35.6 Å². The fourth-order valence-electron chi connectivity index (χ4n) is 1.32. The molecule has 16 heavy (non-hydrogen) atoms. The fourth-order valence-corrected chi connectivity index (χ4v) is 1.32. The maximum atomic E-state index is 11.4. The van der Waals surface area contributed by atoms with E-state index >= 15 is 0 Å². The zero-order chi connectivity index (χ0) is 12.0. The summed E-state index contributed by atoms with van der Waals surface area (Å²) in [7, 11) is 0. The van der Waals surface area contributed by atoms with Crippen molar-refractivity contribution in [3.05, 3.63) is 40.8 Å². The number of amides is 1. The van der Waals surface area contributed by atoms with Gasteiger partial charge in [0, 0.05) is 0 Å². The molecule has 0 heterocycles. The van der Waals surface area contributed by atoms with Gasteiger partial charge in [-0.3, -0.25) is 0 Å². The third kappa shape index (κ3) is 2.79. The second-order valence-corrected chi connectivity index (χ2v) is 3.21.